The molecule has 0 radical (unpaired) electrons. The highest BCUT2D eigenvalue weighted by Gasteiger charge is 2.23. The second kappa shape index (κ2) is 8.96. The highest BCUT2D eigenvalue weighted by Crippen LogP contribution is 2.32. The molecule has 3 aromatic rings. The van der Waals surface area contributed by atoms with Crippen LogP contribution < -0.4 is 10.1 Å². The number of benzene rings is 2. The number of hydrogen-bond donors (Lipinski definition) is 1. The van der Waals surface area contributed by atoms with Gasteiger partial charge in [-0.05, 0) is 55.3 Å². The fourth-order valence-electron chi connectivity index (χ4n) is 2.88. The number of sulfonamides is 1. The number of rotatable bonds is 6. The number of halogens is 1. The third kappa shape index (κ3) is 4.74. The molecule has 31 heavy (non-hydrogen) atoms. The van der Waals surface area contributed by atoms with Crippen LogP contribution in [0.1, 0.15) is 21.5 Å². The van der Waals surface area contributed by atoms with Crippen LogP contribution in [0.2, 0.25) is 5.02 Å². The van der Waals surface area contributed by atoms with Crippen molar-refractivity contribution >= 4 is 44.0 Å². The zero-order valence-corrected chi connectivity index (χ0v) is 20.1. The van der Waals surface area contributed by atoms with Crippen molar-refractivity contribution < 1.29 is 17.9 Å². The van der Waals surface area contributed by atoms with Crippen molar-refractivity contribution in [2.45, 2.75) is 18.7 Å². The van der Waals surface area contributed by atoms with Crippen LogP contribution in [0.3, 0.4) is 0 Å². The number of anilines is 1. The molecule has 1 heterocycles. The zero-order valence-electron chi connectivity index (χ0n) is 17.7. The first kappa shape index (κ1) is 23.2. The van der Waals surface area contributed by atoms with Gasteiger partial charge in [0.2, 0.25) is 10.0 Å². The normalized spacial score (nSPS) is 11.6. The Morgan fingerprint density at radius 3 is 2.52 bits per heavy atom. The number of thiazole rings is 1. The Hall–Kier alpha value is -2.46. The molecule has 0 fully saturated rings. The number of ether oxygens (including phenoxy) is 1. The molecule has 1 aromatic heterocycles. The number of methoxy groups -OCH3 is 1. The SMILES string of the molecule is COc1ccc(-c2csc(NC(=O)c3cc(C)c(C)c(S(=O)(=O)N(C)C)c3)n2)cc1Cl. The fourth-order valence-corrected chi connectivity index (χ4v) is 5.07. The predicted octanol–water partition coefficient (Wildman–Crippen LogP) is 4.59. The number of aromatic nitrogens is 1. The average molecular weight is 480 g/mol. The molecule has 0 saturated heterocycles. The van der Waals surface area contributed by atoms with E-state index in [9.17, 15) is 13.2 Å². The minimum absolute atomic E-state index is 0.107. The minimum Gasteiger partial charge on any atom is -0.495 e. The maximum absolute atomic E-state index is 12.8. The quantitative estimate of drug-likeness (QED) is 0.558. The zero-order chi connectivity index (χ0) is 22.9. The van der Waals surface area contributed by atoms with Gasteiger partial charge in [-0.15, -0.1) is 11.3 Å². The summed E-state index contributed by atoms with van der Waals surface area (Å²) in [5, 5.41) is 5.40. The molecular weight excluding hydrogens is 458 g/mol. The van der Waals surface area contributed by atoms with Gasteiger partial charge in [-0.1, -0.05) is 11.6 Å². The number of hydrogen-bond acceptors (Lipinski definition) is 6. The molecule has 0 saturated carbocycles. The Kier molecular flexibility index (Phi) is 6.70. The van der Waals surface area contributed by atoms with E-state index < -0.39 is 15.9 Å². The van der Waals surface area contributed by atoms with E-state index in [4.69, 9.17) is 16.3 Å². The van der Waals surface area contributed by atoms with Crippen molar-refractivity contribution in [1.29, 1.82) is 0 Å². The van der Waals surface area contributed by atoms with Gasteiger partial charge in [0.25, 0.3) is 5.91 Å². The van der Waals surface area contributed by atoms with Crippen molar-refractivity contribution in [2.24, 2.45) is 0 Å². The van der Waals surface area contributed by atoms with E-state index in [-0.39, 0.29) is 10.5 Å². The Balaban J connectivity index is 1.88. The van der Waals surface area contributed by atoms with Gasteiger partial charge in [-0.3, -0.25) is 10.1 Å². The second-order valence-corrected chi connectivity index (χ2v) is 10.4. The van der Waals surface area contributed by atoms with E-state index in [1.165, 1.54) is 31.5 Å². The molecule has 0 aliphatic rings. The van der Waals surface area contributed by atoms with Gasteiger partial charge in [0.05, 0.1) is 22.7 Å². The van der Waals surface area contributed by atoms with Crippen molar-refractivity contribution in [3.05, 3.63) is 57.4 Å². The number of carbonyl (C=O) groups is 1. The van der Waals surface area contributed by atoms with Crippen molar-refractivity contribution in [2.75, 3.05) is 26.5 Å². The Labute approximate surface area is 190 Å². The van der Waals surface area contributed by atoms with E-state index in [1.807, 2.05) is 6.07 Å². The summed E-state index contributed by atoms with van der Waals surface area (Å²) >= 11 is 7.44. The summed E-state index contributed by atoms with van der Waals surface area (Å²) in [4.78, 5) is 17.4. The van der Waals surface area contributed by atoms with Gasteiger partial charge in [0.1, 0.15) is 5.75 Å². The van der Waals surface area contributed by atoms with Crippen LogP contribution >= 0.6 is 22.9 Å². The van der Waals surface area contributed by atoms with Gasteiger partial charge in [0.15, 0.2) is 5.13 Å². The first-order chi connectivity index (χ1) is 14.5. The monoisotopic (exact) mass is 479 g/mol. The molecule has 0 aliphatic carbocycles. The average Bonchev–Trinajstić information content (AvgIpc) is 3.17. The van der Waals surface area contributed by atoms with Gasteiger partial charge in [0, 0.05) is 30.6 Å². The number of nitrogens with one attached hydrogen (secondary N) is 1. The molecule has 0 spiro atoms. The van der Waals surface area contributed by atoms with E-state index in [0.717, 1.165) is 9.87 Å². The van der Waals surface area contributed by atoms with Crippen molar-refractivity contribution in [3.63, 3.8) is 0 Å². The van der Waals surface area contributed by atoms with Crippen molar-refractivity contribution in [3.8, 4) is 17.0 Å². The van der Waals surface area contributed by atoms with Crippen LogP contribution in [0, 0.1) is 13.8 Å². The fraction of sp³-hybridized carbons (Fsp3) is 0.238. The smallest absolute Gasteiger partial charge is 0.257 e. The molecule has 0 aliphatic heterocycles. The van der Waals surface area contributed by atoms with Gasteiger partial charge < -0.3 is 4.74 Å². The third-order valence-corrected chi connectivity index (χ3v) is 7.81. The van der Waals surface area contributed by atoms with Crippen LogP contribution in [0.25, 0.3) is 11.3 Å². The molecule has 0 atom stereocenters. The summed E-state index contributed by atoms with van der Waals surface area (Å²) < 4.78 is 31.6. The highest BCUT2D eigenvalue weighted by atomic mass is 35.5. The molecule has 0 bridgehead atoms. The van der Waals surface area contributed by atoms with E-state index >= 15 is 0 Å². The molecule has 0 unspecified atom stereocenters. The highest BCUT2D eigenvalue weighted by molar-refractivity contribution is 7.89. The minimum atomic E-state index is -3.68. The Bertz CT molecular complexity index is 1250. The number of amides is 1. The van der Waals surface area contributed by atoms with Gasteiger partial charge >= 0.3 is 0 Å². The molecular formula is C21H22ClN3O4S2. The van der Waals surface area contributed by atoms with E-state index in [1.54, 1.807) is 44.5 Å². The molecule has 2 aromatic carbocycles. The lowest BCUT2D eigenvalue weighted by atomic mass is 10.1. The molecule has 164 valence electrons. The Morgan fingerprint density at radius 2 is 1.90 bits per heavy atom. The summed E-state index contributed by atoms with van der Waals surface area (Å²) in [5.41, 5.74) is 3.00. The molecule has 3 rings (SSSR count). The largest absolute Gasteiger partial charge is 0.495 e. The first-order valence-electron chi connectivity index (χ1n) is 9.19. The van der Waals surface area contributed by atoms with E-state index in [2.05, 4.69) is 10.3 Å². The lowest BCUT2D eigenvalue weighted by Gasteiger charge is -2.16. The summed E-state index contributed by atoms with van der Waals surface area (Å²) in [6.07, 6.45) is 0. The lowest BCUT2D eigenvalue weighted by Crippen LogP contribution is -2.24. The molecule has 7 nitrogen and oxygen atoms in total. The van der Waals surface area contributed by atoms with Gasteiger partial charge in [-0.2, -0.15) is 0 Å². The predicted molar refractivity (Wildman–Crippen MR) is 124 cm³/mol. The van der Waals surface area contributed by atoms with Crippen LogP contribution in [-0.2, 0) is 10.0 Å². The summed E-state index contributed by atoms with van der Waals surface area (Å²) in [7, 11) is 0.773. The maximum atomic E-state index is 12.8. The van der Waals surface area contributed by atoms with Gasteiger partial charge in [-0.25, -0.2) is 17.7 Å². The molecule has 10 heteroatoms. The number of aryl methyl sites for hydroxylation is 1. The lowest BCUT2D eigenvalue weighted by molar-refractivity contribution is 0.102. The first-order valence-corrected chi connectivity index (χ1v) is 11.9. The topological polar surface area (TPSA) is 88.6 Å². The molecule has 1 amide bonds. The summed E-state index contributed by atoms with van der Waals surface area (Å²) in [6.45, 7) is 3.50. The van der Waals surface area contributed by atoms with Crippen LogP contribution in [0.4, 0.5) is 5.13 Å². The Morgan fingerprint density at radius 1 is 1.19 bits per heavy atom. The maximum Gasteiger partial charge on any atom is 0.257 e. The van der Waals surface area contributed by atoms with Crippen LogP contribution in [0.5, 0.6) is 5.75 Å². The summed E-state index contributed by atoms with van der Waals surface area (Å²) in [6, 6.07) is 8.37. The summed E-state index contributed by atoms with van der Waals surface area (Å²) in [5.74, 6) is 0.124. The second-order valence-electron chi connectivity index (χ2n) is 7.05. The van der Waals surface area contributed by atoms with Crippen LogP contribution in [0.15, 0.2) is 40.6 Å². The molecule has 1 N–H and O–H groups in total. The number of carbonyl (C=O) groups excluding carboxylic acids is 1. The van der Waals surface area contributed by atoms with Crippen LogP contribution in [-0.4, -0.2) is 44.8 Å². The third-order valence-electron chi connectivity index (χ3n) is 4.81. The van der Waals surface area contributed by atoms with Crippen molar-refractivity contribution in [1.82, 2.24) is 9.29 Å². The number of nitrogens with zero attached hydrogens (tertiary/aromatic N) is 2. The standard InChI is InChI=1S/C21H22ClN3O4S2/c1-12-8-15(10-19(13(12)2)31(27,28)25(3)4)20(26)24-21-23-17(11-30-21)14-6-7-18(29-5)16(22)9-14/h6-11H,1-5H3,(H,23,24,26). The van der Waals surface area contributed by atoms with E-state index in [0.29, 0.717) is 32.7 Å².